The molecule has 0 heterocycles. The Bertz CT molecular complexity index is 224. The zero-order valence-electron chi connectivity index (χ0n) is 9.37. The van der Waals surface area contributed by atoms with E-state index in [9.17, 15) is 4.79 Å². The maximum absolute atomic E-state index is 11.5. The Morgan fingerprint density at radius 3 is 2.53 bits per heavy atom. The fraction of sp³-hybridized carbons (Fsp3) is 0.917. The number of nitrogens with two attached hydrogens (primary N) is 1. The Kier molecular flexibility index (Phi) is 3.62. The van der Waals surface area contributed by atoms with E-state index in [1.54, 1.807) is 0 Å². The number of hydrogen-bond acceptors (Lipinski definition) is 2. The molecule has 2 aliphatic rings. The second-order valence-corrected chi connectivity index (χ2v) is 5.12. The number of carbonyl (C=O) groups excluding carboxylic acids is 1. The van der Waals surface area contributed by atoms with E-state index in [0.29, 0.717) is 6.42 Å². The third-order valence-electron chi connectivity index (χ3n) is 3.69. The Labute approximate surface area is 91.8 Å². The number of nitrogens with one attached hydrogen (secondary N) is 1. The van der Waals surface area contributed by atoms with Crippen LogP contribution in [-0.2, 0) is 4.79 Å². The predicted octanol–water partition coefficient (Wildman–Crippen LogP) is 1.56. The third-order valence-corrected chi connectivity index (χ3v) is 3.69. The van der Waals surface area contributed by atoms with Gasteiger partial charge in [-0.25, -0.2) is 0 Å². The highest BCUT2D eigenvalue weighted by molar-refractivity contribution is 5.76. The molecule has 0 saturated heterocycles. The predicted molar refractivity (Wildman–Crippen MR) is 60.3 cm³/mol. The molecular formula is C12H22N2O. The molecule has 0 aliphatic heterocycles. The molecule has 3 heteroatoms. The van der Waals surface area contributed by atoms with E-state index in [-0.39, 0.29) is 18.0 Å². The Morgan fingerprint density at radius 1 is 1.27 bits per heavy atom. The maximum Gasteiger partial charge on any atom is 0.220 e. The van der Waals surface area contributed by atoms with E-state index in [2.05, 4.69) is 5.32 Å². The van der Waals surface area contributed by atoms with E-state index >= 15 is 0 Å². The zero-order chi connectivity index (χ0) is 10.7. The van der Waals surface area contributed by atoms with Gasteiger partial charge in [0.05, 0.1) is 0 Å². The molecule has 15 heavy (non-hydrogen) atoms. The van der Waals surface area contributed by atoms with Crippen molar-refractivity contribution in [3.8, 4) is 0 Å². The van der Waals surface area contributed by atoms with Gasteiger partial charge in [0.15, 0.2) is 0 Å². The first-order valence-corrected chi connectivity index (χ1v) is 6.30. The van der Waals surface area contributed by atoms with E-state index < -0.39 is 0 Å². The minimum absolute atomic E-state index is 0.207. The molecule has 86 valence electrons. The highest BCUT2D eigenvalue weighted by atomic mass is 16.1. The van der Waals surface area contributed by atoms with Crippen molar-refractivity contribution in [3.63, 3.8) is 0 Å². The van der Waals surface area contributed by atoms with Crippen LogP contribution >= 0.6 is 0 Å². The minimum Gasteiger partial charge on any atom is -0.352 e. The molecule has 0 aromatic heterocycles. The van der Waals surface area contributed by atoms with Crippen LogP contribution in [0.5, 0.6) is 0 Å². The molecule has 3 nitrogen and oxygen atoms in total. The van der Waals surface area contributed by atoms with E-state index in [0.717, 1.165) is 18.8 Å². The molecule has 2 unspecified atom stereocenters. The Balaban J connectivity index is 1.57. The molecule has 0 radical (unpaired) electrons. The summed E-state index contributed by atoms with van der Waals surface area (Å²) in [5.41, 5.74) is 5.64. The van der Waals surface area contributed by atoms with E-state index in [1.165, 1.54) is 32.1 Å². The first-order chi connectivity index (χ1) is 7.25. The van der Waals surface area contributed by atoms with Gasteiger partial charge in [0.1, 0.15) is 0 Å². The minimum atomic E-state index is 0.207. The molecule has 2 atom stereocenters. The van der Waals surface area contributed by atoms with Gasteiger partial charge < -0.3 is 11.1 Å². The van der Waals surface area contributed by atoms with E-state index in [4.69, 9.17) is 5.73 Å². The van der Waals surface area contributed by atoms with Crippen LogP contribution in [0.25, 0.3) is 0 Å². The van der Waals surface area contributed by atoms with E-state index in [1.807, 2.05) is 0 Å². The van der Waals surface area contributed by atoms with Gasteiger partial charge in [0.25, 0.3) is 0 Å². The van der Waals surface area contributed by atoms with Crippen LogP contribution in [0.3, 0.4) is 0 Å². The Morgan fingerprint density at radius 2 is 1.93 bits per heavy atom. The monoisotopic (exact) mass is 210 g/mol. The van der Waals surface area contributed by atoms with Crippen LogP contribution in [0.4, 0.5) is 0 Å². The van der Waals surface area contributed by atoms with Crippen molar-refractivity contribution in [3.05, 3.63) is 0 Å². The summed E-state index contributed by atoms with van der Waals surface area (Å²) in [7, 11) is 0. The fourth-order valence-electron chi connectivity index (χ4n) is 2.47. The molecule has 0 bridgehead atoms. The molecule has 2 rings (SSSR count). The molecule has 0 aromatic carbocycles. The molecule has 0 spiro atoms. The number of amides is 1. The first kappa shape index (κ1) is 10.9. The smallest absolute Gasteiger partial charge is 0.220 e. The van der Waals surface area contributed by atoms with Crippen LogP contribution in [0.1, 0.15) is 51.4 Å². The molecule has 1 amide bonds. The second kappa shape index (κ2) is 4.97. The number of rotatable bonds is 4. The average molecular weight is 210 g/mol. The topological polar surface area (TPSA) is 55.1 Å². The van der Waals surface area contributed by atoms with Crippen molar-refractivity contribution in [2.24, 2.45) is 11.7 Å². The normalized spacial score (nSPS) is 31.3. The van der Waals surface area contributed by atoms with Gasteiger partial charge in [-0.05, 0) is 18.8 Å². The summed E-state index contributed by atoms with van der Waals surface area (Å²) in [6, 6.07) is 0.507. The number of carbonyl (C=O) groups is 1. The van der Waals surface area contributed by atoms with Crippen LogP contribution in [0.15, 0.2) is 0 Å². The van der Waals surface area contributed by atoms with Gasteiger partial charge in [0, 0.05) is 18.5 Å². The van der Waals surface area contributed by atoms with Gasteiger partial charge in [-0.2, -0.15) is 0 Å². The summed E-state index contributed by atoms with van der Waals surface area (Å²) in [5.74, 6) is 1.01. The lowest BCUT2D eigenvalue weighted by Crippen LogP contribution is -2.29. The van der Waals surface area contributed by atoms with Crippen molar-refractivity contribution >= 4 is 5.91 Å². The quantitative estimate of drug-likeness (QED) is 0.740. The van der Waals surface area contributed by atoms with Gasteiger partial charge >= 0.3 is 0 Å². The summed E-state index contributed by atoms with van der Waals surface area (Å²) in [6.45, 7) is 0. The lowest BCUT2D eigenvalue weighted by atomic mass is 9.86. The highest BCUT2D eigenvalue weighted by Crippen LogP contribution is 2.27. The van der Waals surface area contributed by atoms with Crippen LogP contribution in [0.2, 0.25) is 0 Å². The summed E-state index contributed by atoms with van der Waals surface area (Å²) < 4.78 is 0. The summed E-state index contributed by atoms with van der Waals surface area (Å²) >= 11 is 0. The van der Waals surface area contributed by atoms with Crippen molar-refractivity contribution in [2.75, 3.05) is 0 Å². The lowest BCUT2D eigenvalue weighted by molar-refractivity contribution is -0.121. The van der Waals surface area contributed by atoms with Gasteiger partial charge in [-0.15, -0.1) is 0 Å². The second-order valence-electron chi connectivity index (χ2n) is 5.12. The van der Waals surface area contributed by atoms with Crippen LogP contribution in [-0.4, -0.2) is 18.0 Å². The summed E-state index contributed by atoms with van der Waals surface area (Å²) in [4.78, 5) is 11.5. The summed E-state index contributed by atoms with van der Waals surface area (Å²) in [5, 5.41) is 2.98. The first-order valence-electron chi connectivity index (χ1n) is 6.30. The standard InChI is InChI=1S/C12H22N2O/c13-10-8-11(10)14-12(15)7-6-9-4-2-1-3-5-9/h9-11H,1-8,13H2,(H,14,15). The molecule has 2 saturated carbocycles. The average Bonchev–Trinajstić information content (AvgIpc) is 2.93. The van der Waals surface area contributed by atoms with Gasteiger partial charge in [-0.1, -0.05) is 32.1 Å². The largest absolute Gasteiger partial charge is 0.352 e. The van der Waals surface area contributed by atoms with Crippen LogP contribution in [0, 0.1) is 5.92 Å². The molecule has 3 N–H and O–H groups in total. The Hall–Kier alpha value is -0.570. The SMILES string of the molecule is NC1CC1NC(=O)CCC1CCCCC1. The van der Waals surface area contributed by atoms with Gasteiger partial charge in [0.2, 0.25) is 5.91 Å². The van der Waals surface area contributed by atoms with Crippen molar-refractivity contribution in [2.45, 2.75) is 63.5 Å². The van der Waals surface area contributed by atoms with Crippen LogP contribution < -0.4 is 11.1 Å². The molecular weight excluding hydrogens is 188 g/mol. The fourth-order valence-corrected chi connectivity index (χ4v) is 2.47. The molecule has 2 aliphatic carbocycles. The number of hydrogen-bond donors (Lipinski definition) is 2. The summed E-state index contributed by atoms with van der Waals surface area (Å²) in [6.07, 6.45) is 9.52. The van der Waals surface area contributed by atoms with Gasteiger partial charge in [-0.3, -0.25) is 4.79 Å². The molecule has 2 fully saturated rings. The lowest BCUT2D eigenvalue weighted by Gasteiger charge is -2.20. The maximum atomic E-state index is 11.5. The van der Waals surface area contributed by atoms with Crippen molar-refractivity contribution < 1.29 is 4.79 Å². The van der Waals surface area contributed by atoms with Crippen molar-refractivity contribution in [1.82, 2.24) is 5.32 Å². The van der Waals surface area contributed by atoms with Crippen molar-refractivity contribution in [1.29, 1.82) is 0 Å². The highest BCUT2D eigenvalue weighted by Gasteiger charge is 2.34. The third kappa shape index (κ3) is 3.49. The zero-order valence-corrected chi connectivity index (χ0v) is 9.37. The molecule has 0 aromatic rings.